The maximum atomic E-state index is 13.5. The maximum Gasteiger partial charge on any atom is 0.425 e. The van der Waals surface area contributed by atoms with Gasteiger partial charge in [0.05, 0.1) is 4.92 Å². The molecular formula is C17H12F2N2O6. The second-order valence-corrected chi connectivity index (χ2v) is 5.70. The Morgan fingerprint density at radius 3 is 2.44 bits per heavy atom. The lowest BCUT2D eigenvalue weighted by atomic mass is 10.0. The molecular weight excluding hydrogens is 366 g/mol. The number of imide groups is 1. The molecule has 0 N–H and O–H groups in total. The molecule has 1 aliphatic rings. The summed E-state index contributed by atoms with van der Waals surface area (Å²) in [5.74, 6) is -2.25. The van der Waals surface area contributed by atoms with Gasteiger partial charge in [0.2, 0.25) is 0 Å². The minimum atomic E-state index is -1.14. The second-order valence-electron chi connectivity index (χ2n) is 5.70. The molecule has 1 heterocycles. The van der Waals surface area contributed by atoms with Gasteiger partial charge in [-0.1, -0.05) is 6.07 Å². The Kier molecular flexibility index (Phi) is 4.72. The van der Waals surface area contributed by atoms with Crippen LogP contribution in [0.15, 0.2) is 42.5 Å². The minimum Gasteiger partial charge on any atom is -0.443 e. The Morgan fingerprint density at radius 2 is 1.85 bits per heavy atom. The molecule has 0 spiro atoms. The Labute approximate surface area is 151 Å². The van der Waals surface area contributed by atoms with Gasteiger partial charge in [0, 0.05) is 12.1 Å². The van der Waals surface area contributed by atoms with Gasteiger partial charge in [-0.05, 0) is 36.8 Å². The first-order chi connectivity index (χ1) is 12.8. The number of amides is 2. The van der Waals surface area contributed by atoms with Gasteiger partial charge in [0.25, 0.3) is 5.69 Å². The molecule has 0 radical (unpaired) electrons. The standard InChI is InChI=1S/C17H12F2N2O6/c1-9-15(10-2-7-13(18)14(19)8-10)20(16(22)26-9)17(23)27-12-5-3-11(4-6-12)21(24)25/h2-9,15H,1H3/t9-,15-/m1/s1. The molecule has 2 atom stereocenters. The lowest BCUT2D eigenvalue weighted by Crippen LogP contribution is -2.37. The van der Waals surface area contributed by atoms with Crippen molar-refractivity contribution in [3.05, 3.63) is 69.8 Å². The topological polar surface area (TPSA) is 99.0 Å². The lowest BCUT2D eigenvalue weighted by Gasteiger charge is -2.21. The predicted molar refractivity (Wildman–Crippen MR) is 86.0 cm³/mol. The van der Waals surface area contributed by atoms with Crippen molar-refractivity contribution in [1.29, 1.82) is 0 Å². The van der Waals surface area contributed by atoms with Crippen LogP contribution in [0.25, 0.3) is 0 Å². The molecule has 2 aromatic carbocycles. The molecule has 140 valence electrons. The van der Waals surface area contributed by atoms with E-state index in [1.807, 2.05) is 0 Å². The second kappa shape index (κ2) is 6.98. The number of non-ortho nitro benzene ring substituents is 1. The zero-order valence-corrected chi connectivity index (χ0v) is 13.8. The Balaban J connectivity index is 1.85. The number of rotatable bonds is 3. The molecule has 10 heteroatoms. The zero-order chi connectivity index (χ0) is 19.7. The largest absolute Gasteiger partial charge is 0.443 e. The first-order valence-corrected chi connectivity index (χ1v) is 7.69. The quantitative estimate of drug-likeness (QED) is 0.592. The summed E-state index contributed by atoms with van der Waals surface area (Å²) in [6.45, 7) is 1.49. The summed E-state index contributed by atoms with van der Waals surface area (Å²) in [4.78, 5) is 35.1. The van der Waals surface area contributed by atoms with Crippen molar-refractivity contribution < 1.29 is 32.8 Å². The van der Waals surface area contributed by atoms with Gasteiger partial charge in [-0.15, -0.1) is 0 Å². The van der Waals surface area contributed by atoms with E-state index in [9.17, 15) is 28.5 Å². The third-order valence-corrected chi connectivity index (χ3v) is 3.94. The molecule has 2 amide bonds. The van der Waals surface area contributed by atoms with Gasteiger partial charge in [0.1, 0.15) is 17.9 Å². The summed E-state index contributed by atoms with van der Waals surface area (Å²) in [5.41, 5.74) is -0.0587. The van der Waals surface area contributed by atoms with Crippen LogP contribution in [0.3, 0.4) is 0 Å². The highest BCUT2D eigenvalue weighted by Crippen LogP contribution is 2.34. The van der Waals surface area contributed by atoms with Gasteiger partial charge in [0.15, 0.2) is 11.6 Å². The van der Waals surface area contributed by atoms with Crippen LogP contribution in [0.1, 0.15) is 18.5 Å². The van der Waals surface area contributed by atoms with E-state index in [-0.39, 0.29) is 17.0 Å². The number of carbonyl (C=O) groups is 2. The molecule has 3 rings (SSSR count). The molecule has 0 aromatic heterocycles. The van der Waals surface area contributed by atoms with E-state index in [1.54, 1.807) is 0 Å². The Hall–Kier alpha value is -3.56. The third-order valence-electron chi connectivity index (χ3n) is 3.94. The predicted octanol–water partition coefficient (Wildman–Crippen LogP) is 3.95. The number of hydrogen-bond acceptors (Lipinski definition) is 6. The first kappa shape index (κ1) is 18.2. The summed E-state index contributed by atoms with van der Waals surface area (Å²) in [7, 11) is 0. The van der Waals surface area contributed by atoms with Gasteiger partial charge < -0.3 is 9.47 Å². The fraction of sp³-hybridized carbons (Fsp3) is 0.176. The molecule has 27 heavy (non-hydrogen) atoms. The lowest BCUT2D eigenvalue weighted by molar-refractivity contribution is -0.384. The minimum absolute atomic E-state index is 0.0398. The number of ether oxygens (including phenoxy) is 2. The van der Waals surface area contributed by atoms with Crippen LogP contribution in [0, 0.1) is 21.7 Å². The number of halogens is 2. The average Bonchev–Trinajstić information content (AvgIpc) is 2.92. The molecule has 8 nitrogen and oxygen atoms in total. The van der Waals surface area contributed by atoms with Crippen LogP contribution in [-0.4, -0.2) is 28.1 Å². The first-order valence-electron chi connectivity index (χ1n) is 7.69. The van der Waals surface area contributed by atoms with Crippen LogP contribution in [0.2, 0.25) is 0 Å². The van der Waals surface area contributed by atoms with Crippen LogP contribution in [-0.2, 0) is 4.74 Å². The monoisotopic (exact) mass is 378 g/mol. The highest BCUT2D eigenvalue weighted by atomic mass is 19.2. The van der Waals surface area contributed by atoms with Crippen molar-refractivity contribution in [2.75, 3.05) is 0 Å². The SMILES string of the molecule is C[C@H]1OC(=O)N(C(=O)Oc2ccc([N+](=O)[O-])cc2)[C@H]1c1ccc(F)c(F)c1. The molecule has 1 saturated heterocycles. The van der Waals surface area contributed by atoms with Crippen molar-refractivity contribution in [2.24, 2.45) is 0 Å². The van der Waals surface area contributed by atoms with Crippen LogP contribution >= 0.6 is 0 Å². The number of carbonyl (C=O) groups excluding carboxylic acids is 2. The molecule has 0 unspecified atom stereocenters. The summed E-state index contributed by atoms with van der Waals surface area (Å²) < 4.78 is 36.8. The molecule has 0 saturated carbocycles. The molecule has 0 bridgehead atoms. The van der Waals surface area contributed by atoms with E-state index in [2.05, 4.69) is 0 Å². The molecule has 1 fully saturated rings. The van der Waals surface area contributed by atoms with E-state index in [0.717, 1.165) is 24.3 Å². The van der Waals surface area contributed by atoms with Gasteiger partial charge in [-0.2, -0.15) is 0 Å². The summed E-state index contributed by atoms with van der Waals surface area (Å²) >= 11 is 0. The highest BCUT2D eigenvalue weighted by Gasteiger charge is 2.45. The number of cyclic esters (lactones) is 1. The van der Waals surface area contributed by atoms with Crippen LogP contribution in [0.5, 0.6) is 5.75 Å². The number of hydrogen-bond donors (Lipinski definition) is 0. The maximum absolute atomic E-state index is 13.5. The van der Waals surface area contributed by atoms with Crippen molar-refractivity contribution in [1.82, 2.24) is 4.90 Å². The Morgan fingerprint density at radius 1 is 1.19 bits per heavy atom. The van der Waals surface area contributed by atoms with Crippen LogP contribution in [0.4, 0.5) is 24.1 Å². The van der Waals surface area contributed by atoms with E-state index in [1.165, 1.54) is 25.1 Å². The fourth-order valence-corrected chi connectivity index (χ4v) is 2.69. The summed E-state index contributed by atoms with van der Waals surface area (Å²) in [6.07, 6.45) is -2.95. The smallest absolute Gasteiger partial charge is 0.425 e. The van der Waals surface area contributed by atoms with Gasteiger partial charge in [-0.3, -0.25) is 10.1 Å². The number of nitrogens with zero attached hydrogens (tertiary/aromatic N) is 2. The summed E-state index contributed by atoms with van der Waals surface area (Å²) in [5, 5.41) is 10.6. The molecule has 2 aromatic rings. The number of nitro benzene ring substituents is 1. The van der Waals surface area contributed by atoms with Crippen molar-refractivity contribution in [3.63, 3.8) is 0 Å². The van der Waals surface area contributed by atoms with Gasteiger partial charge in [-0.25, -0.2) is 23.3 Å². The van der Waals surface area contributed by atoms with Crippen molar-refractivity contribution in [2.45, 2.75) is 19.1 Å². The molecule has 0 aliphatic carbocycles. The van der Waals surface area contributed by atoms with E-state index < -0.39 is 40.9 Å². The Bertz CT molecular complexity index is 918. The fourth-order valence-electron chi connectivity index (χ4n) is 2.69. The van der Waals surface area contributed by atoms with Crippen molar-refractivity contribution in [3.8, 4) is 5.75 Å². The highest BCUT2D eigenvalue weighted by molar-refractivity contribution is 5.91. The number of nitro groups is 1. The summed E-state index contributed by atoms with van der Waals surface area (Å²) in [6, 6.07) is 6.57. The van der Waals surface area contributed by atoms with E-state index in [0.29, 0.717) is 4.90 Å². The van der Waals surface area contributed by atoms with E-state index >= 15 is 0 Å². The van der Waals surface area contributed by atoms with E-state index in [4.69, 9.17) is 9.47 Å². The number of benzene rings is 2. The normalized spacial score (nSPS) is 18.9. The molecule has 1 aliphatic heterocycles. The van der Waals surface area contributed by atoms with Gasteiger partial charge >= 0.3 is 12.2 Å². The van der Waals surface area contributed by atoms with Crippen LogP contribution < -0.4 is 4.74 Å². The third kappa shape index (κ3) is 3.54. The average molecular weight is 378 g/mol. The van der Waals surface area contributed by atoms with Crippen molar-refractivity contribution >= 4 is 17.9 Å². The zero-order valence-electron chi connectivity index (χ0n) is 13.8.